The first-order valence-electron chi connectivity index (χ1n) is 13.9. The topological polar surface area (TPSA) is 258 Å². The Labute approximate surface area is 255 Å². The third-order valence-electron chi connectivity index (χ3n) is 7.60. The van der Waals surface area contributed by atoms with Gasteiger partial charge in [-0.3, -0.25) is 4.79 Å². The van der Waals surface area contributed by atoms with Gasteiger partial charge in [0.25, 0.3) is 11.9 Å². The first-order valence-corrected chi connectivity index (χ1v) is 13.9. The van der Waals surface area contributed by atoms with E-state index in [1.165, 1.54) is 24.3 Å². The lowest BCUT2D eigenvalue weighted by Crippen LogP contribution is -2.60. The highest BCUT2D eigenvalue weighted by molar-refractivity contribution is 5.70. The highest BCUT2D eigenvalue weighted by Gasteiger charge is 2.48. The maximum atomic E-state index is 11.3. The van der Waals surface area contributed by atoms with Crippen LogP contribution in [0.2, 0.25) is 0 Å². The summed E-state index contributed by atoms with van der Waals surface area (Å²) in [6.07, 6.45) is -15.6. The summed E-state index contributed by atoms with van der Waals surface area (Å²) in [5, 5.41) is 92.4. The average Bonchev–Trinajstić information content (AvgIpc) is 3.01. The number of hydrogen-bond donors (Lipinski definition) is 9. The van der Waals surface area contributed by atoms with E-state index in [9.17, 15) is 50.8 Å². The molecule has 16 nitrogen and oxygen atoms in total. The van der Waals surface area contributed by atoms with Crippen molar-refractivity contribution in [2.75, 3.05) is 13.2 Å². The molecule has 0 radical (unpaired) electrons. The summed E-state index contributed by atoms with van der Waals surface area (Å²) < 4.78 is 32.5. The molecule has 0 amide bonds. The first kappa shape index (κ1) is 32.7. The van der Waals surface area contributed by atoms with Gasteiger partial charge in [-0.2, -0.15) is 0 Å². The summed E-state index contributed by atoms with van der Waals surface area (Å²) >= 11 is 0. The van der Waals surface area contributed by atoms with Crippen LogP contribution in [0.4, 0.5) is 0 Å². The first-order chi connectivity index (χ1) is 21.4. The van der Waals surface area contributed by atoms with Crippen molar-refractivity contribution < 1.29 is 79.2 Å². The molecule has 16 heteroatoms. The summed E-state index contributed by atoms with van der Waals surface area (Å²) in [5.41, 5.74) is 0.645. The number of hydrogen-bond acceptors (Lipinski definition) is 15. The molecule has 45 heavy (non-hydrogen) atoms. The highest BCUT2D eigenvalue weighted by atomic mass is 16.7. The fourth-order valence-corrected chi connectivity index (χ4v) is 5.14. The van der Waals surface area contributed by atoms with Crippen LogP contribution in [0.15, 0.2) is 42.2 Å². The minimum absolute atomic E-state index is 0.00126. The summed E-state index contributed by atoms with van der Waals surface area (Å²) in [7, 11) is 0. The summed E-state index contributed by atoms with van der Waals surface area (Å²) in [6, 6.07) is 8.35. The Kier molecular flexibility index (Phi) is 9.68. The Morgan fingerprint density at radius 3 is 2.02 bits per heavy atom. The Morgan fingerprint density at radius 1 is 0.800 bits per heavy atom. The molecule has 3 heterocycles. The lowest BCUT2D eigenvalue weighted by Gasteiger charge is -2.41. The molecule has 5 rings (SSSR count). The number of esters is 1. The number of fused-ring (bicyclic) bond motifs is 1. The number of benzene rings is 2. The zero-order chi connectivity index (χ0) is 32.6. The van der Waals surface area contributed by atoms with E-state index in [1.807, 2.05) is 0 Å². The Morgan fingerprint density at radius 2 is 1.40 bits per heavy atom. The van der Waals surface area contributed by atoms with Crippen LogP contribution in [0, 0.1) is 0 Å². The van der Waals surface area contributed by atoms with Crippen molar-refractivity contribution in [3.05, 3.63) is 53.3 Å². The van der Waals surface area contributed by atoms with Gasteiger partial charge in [-0.1, -0.05) is 0 Å². The maximum absolute atomic E-state index is 11.3. The van der Waals surface area contributed by atoms with Crippen LogP contribution in [-0.2, 0) is 23.7 Å². The monoisotopic (exact) mass is 639 g/mol. The maximum Gasteiger partial charge on any atom is 0.302 e. The van der Waals surface area contributed by atoms with Gasteiger partial charge >= 0.3 is 5.97 Å². The second-order valence-corrected chi connectivity index (χ2v) is 10.8. The van der Waals surface area contributed by atoms with E-state index in [2.05, 4.69) is 4.74 Å². The number of ether oxygens (including phenoxy) is 6. The number of aliphatic hydroxyl groups is 8. The quantitative estimate of drug-likeness (QED) is 0.112. The second-order valence-electron chi connectivity index (χ2n) is 10.8. The Balaban J connectivity index is 1.50. The zero-order valence-corrected chi connectivity index (χ0v) is 23.7. The second kappa shape index (κ2) is 13.3. The van der Waals surface area contributed by atoms with Crippen LogP contribution in [0.5, 0.6) is 23.0 Å². The summed E-state index contributed by atoms with van der Waals surface area (Å²) in [6.45, 7) is -0.0179. The van der Waals surface area contributed by atoms with Crippen LogP contribution < -0.4 is 4.74 Å². The van der Waals surface area contributed by atoms with Crippen molar-refractivity contribution >= 4 is 12.0 Å². The third kappa shape index (κ3) is 6.79. The van der Waals surface area contributed by atoms with Crippen molar-refractivity contribution in [1.29, 1.82) is 0 Å². The van der Waals surface area contributed by atoms with Crippen molar-refractivity contribution in [1.82, 2.24) is 0 Å². The number of rotatable bonds is 8. The van der Waals surface area contributed by atoms with Crippen LogP contribution >= 0.6 is 0 Å². The summed E-state index contributed by atoms with van der Waals surface area (Å²) in [5.74, 6) is -0.993. The molecule has 2 aromatic rings. The lowest BCUT2D eigenvalue weighted by molar-refractivity contribution is -0.295. The largest absolute Gasteiger partial charge is 0.571 e. The average molecular weight is 640 g/mol. The standard InChI is InChI=1S/C29H34O16/c1-11(31)40-10-20-22(35)24(37)26(39)28(45-20)42-17-7-14(33)6-16-15(17)8-18(27(41-16)12-2-4-13(32)5-3-12)43-29-25(38)23(36)21(34)19(9-30)44-29/h2-8,19-30,32-39H,9-10H2,1H3/p+1/t19-,20-,21-,22-,23-,24+,25-,26+,27?,28-,29-/m1/s1. The predicted octanol–water partition coefficient (Wildman–Crippen LogP) is -2.00. The number of carbonyl (C=O) groups is 1. The molecule has 3 aliphatic rings. The van der Waals surface area contributed by atoms with Gasteiger partial charge in [-0.05, 0) is 24.3 Å². The van der Waals surface area contributed by atoms with Crippen LogP contribution in [0.25, 0.3) is 6.08 Å². The van der Waals surface area contributed by atoms with E-state index >= 15 is 0 Å². The van der Waals surface area contributed by atoms with Gasteiger partial charge < -0.3 is 74.4 Å². The molecular weight excluding hydrogens is 604 g/mol. The van der Waals surface area contributed by atoms with Gasteiger partial charge in [0.1, 0.15) is 78.3 Å². The fourth-order valence-electron chi connectivity index (χ4n) is 5.14. The molecule has 0 spiro atoms. The van der Waals surface area contributed by atoms with E-state index in [4.69, 9.17) is 23.7 Å². The molecule has 1 unspecified atom stereocenters. The minimum Gasteiger partial charge on any atom is -0.571 e. The van der Waals surface area contributed by atoms with E-state index < -0.39 is 86.7 Å². The van der Waals surface area contributed by atoms with E-state index in [0.717, 1.165) is 13.0 Å². The molecule has 2 saturated heterocycles. The van der Waals surface area contributed by atoms with Crippen molar-refractivity contribution in [2.45, 2.75) is 74.4 Å². The molecule has 0 saturated carbocycles. The lowest BCUT2D eigenvalue weighted by atomic mass is 9.98. The molecule has 0 bridgehead atoms. The number of aliphatic hydroxyl groups excluding tert-OH is 7. The number of carbonyl (C=O) groups excluding carboxylic acids is 1. The smallest absolute Gasteiger partial charge is 0.302 e. The molecule has 10 N–H and O–H groups in total. The van der Waals surface area contributed by atoms with Gasteiger partial charge in [-0.25, -0.2) is 0 Å². The van der Waals surface area contributed by atoms with Crippen LogP contribution in [-0.4, -0.2) is 131 Å². The molecule has 11 atom stereocenters. The summed E-state index contributed by atoms with van der Waals surface area (Å²) in [4.78, 5) is 11.3. The number of phenols is 2. The van der Waals surface area contributed by atoms with Crippen molar-refractivity contribution in [3.63, 3.8) is 0 Å². The van der Waals surface area contributed by atoms with Crippen molar-refractivity contribution in [3.8, 4) is 23.0 Å². The van der Waals surface area contributed by atoms with Gasteiger partial charge in [0.05, 0.1) is 18.2 Å². The van der Waals surface area contributed by atoms with Gasteiger partial charge in [0.2, 0.25) is 12.6 Å². The molecular formula is C29H35O16+. The third-order valence-corrected chi connectivity index (χ3v) is 7.60. The van der Waals surface area contributed by atoms with E-state index in [-0.39, 0.29) is 34.3 Å². The molecule has 3 aliphatic heterocycles. The predicted molar refractivity (Wildman–Crippen MR) is 147 cm³/mol. The van der Waals surface area contributed by atoms with E-state index in [1.54, 1.807) is 12.1 Å². The normalized spacial score (nSPS) is 34.6. The van der Waals surface area contributed by atoms with Crippen LogP contribution in [0.3, 0.4) is 0 Å². The molecule has 0 aliphatic carbocycles. The molecule has 2 aromatic carbocycles. The molecule has 2 fully saturated rings. The fraction of sp³-hybridized carbons (Fsp3) is 0.483. The van der Waals surface area contributed by atoms with Gasteiger partial charge in [-0.15, -0.1) is 0 Å². The van der Waals surface area contributed by atoms with Crippen LogP contribution in [0.1, 0.15) is 24.2 Å². The van der Waals surface area contributed by atoms with Gasteiger partial charge in [0, 0.05) is 19.1 Å². The van der Waals surface area contributed by atoms with Crippen molar-refractivity contribution in [2.24, 2.45) is 0 Å². The molecule has 246 valence electrons. The Hall–Kier alpha value is -3.71. The molecule has 0 aromatic heterocycles. The zero-order valence-electron chi connectivity index (χ0n) is 23.7. The SMILES string of the molecule is CC(=O)OC[C@H]1O[C@@H](Oc2cc(O)cc3c2C=C(O[C@@H]2O[C@H](CO)[C@@H](O)[C@@H](O)[C@H]2O)C(c2ccc(O)cc2)[OH+]3)[C@@H](O)[C@@H](O)[C@@H]1O. The number of phenolic OH excluding ortho intramolecular Hbond substituents is 2. The highest BCUT2D eigenvalue weighted by Crippen LogP contribution is 2.46. The number of aromatic hydroxyl groups is 3. The Bertz CT molecular complexity index is 1380. The van der Waals surface area contributed by atoms with E-state index in [0.29, 0.717) is 5.56 Å². The minimum atomic E-state index is -1.79. The van der Waals surface area contributed by atoms with Gasteiger partial charge in [0.15, 0.2) is 5.76 Å².